The summed E-state index contributed by atoms with van der Waals surface area (Å²) in [5, 5.41) is 4.09. The highest BCUT2D eigenvalue weighted by Crippen LogP contribution is 2.29. The van der Waals surface area contributed by atoms with Gasteiger partial charge < -0.3 is 4.90 Å². The highest BCUT2D eigenvalue weighted by molar-refractivity contribution is 7.17. The van der Waals surface area contributed by atoms with Crippen LogP contribution in [0.3, 0.4) is 0 Å². The van der Waals surface area contributed by atoms with Crippen molar-refractivity contribution < 1.29 is 0 Å². The summed E-state index contributed by atoms with van der Waals surface area (Å²) in [6.07, 6.45) is 2.37. The summed E-state index contributed by atoms with van der Waals surface area (Å²) in [5.41, 5.74) is 3.11. The van der Waals surface area contributed by atoms with Crippen LogP contribution in [0.4, 0.5) is 0 Å². The molecule has 0 spiro atoms. The lowest BCUT2D eigenvalue weighted by atomic mass is 9.96. The van der Waals surface area contributed by atoms with E-state index in [1.54, 1.807) is 11.3 Å². The lowest BCUT2D eigenvalue weighted by Crippen LogP contribution is -2.42. The van der Waals surface area contributed by atoms with E-state index in [0.29, 0.717) is 12.0 Å². The second-order valence-electron chi connectivity index (χ2n) is 10.0. The maximum atomic E-state index is 13.8. The average molecular weight is 460 g/mol. The molecule has 1 atom stereocenters. The quantitative estimate of drug-likeness (QED) is 0.341. The summed E-state index contributed by atoms with van der Waals surface area (Å²) < 4.78 is 3.26. The fourth-order valence-electron chi connectivity index (χ4n) is 5.15. The number of benzene rings is 2. The van der Waals surface area contributed by atoms with Gasteiger partial charge in [0.2, 0.25) is 0 Å². The Balaban J connectivity index is 1.56. The Morgan fingerprint density at radius 3 is 2.64 bits per heavy atom. The maximum absolute atomic E-state index is 13.8. The Labute approximate surface area is 199 Å². The molecule has 0 amide bonds. The molecule has 33 heavy (non-hydrogen) atoms. The van der Waals surface area contributed by atoms with E-state index >= 15 is 0 Å². The SMILES string of the molecule is CC(C)c1nc2ccc(-c3ccc4sccc4c3)cc2c(=O)n1C[C@H]1CCCN(C(C)C)C1. The summed E-state index contributed by atoms with van der Waals surface area (Å²) >= 11 is 1.75. The van der Waals surface area contributed by atoms with Crippen molar-refractivity contribution in [2.24, 2.45) is 5.92 Å². The largest absolute Gasteiger partial charge is 0.301 e. The van der Waals surface area contributed by atoms with Gasteiger partial charge in [0.1, 0.15) is 5.82 Å². The number of piperidine rings is 1. The normalized spacial score (nSPS) is 17.6. The minimum Gasteiger partial charge on any atom is -0.301 e. The molecule has 2 aromatic heterocycles. The first kappa shape index (κ1) is 22.3. The third kappa shape index (κ3) is 4.36. The zero-order valence-electron chi connectivity index (χ0n) is 20.0. The van der Waals surface area contributed by atoms with Crippen LogP contribution in [0, 0.1) is 5.92 Å². The number of aromatic nitrogens is 2. The lowest BCUT2D eigenvalue weighted by molar-refractivity contribution is 0.129. The molecule has 3 heterocycles. The third-order valence-corrected chi connectivity index (χ3v) is 7.91. The van der Waals surface area contributed by atoms with Gasteiger partial charge in [-0.2, -0.15) is 0 Å². The summed E-state index contributed by atoms with van der Waals surface area (Å²) in [6, 6.07) is 15.4. The van der Waals surface area contributed by atoms with Crippen LogP contribution in [0.5, 0.6) is 0 Å². The summed E-state index contributed by atoms with van der Waals surface area (Å²) in [4.78, 5) is 21.3. The van der Waals surface area contributed by atoms with Crippen molar-refractivity contribution in [2.45, 2.75) is 59.0 Å². The monoisotopic (exact) mass is 459 g/mol. The van der Waals surface area contributed by atoms with E-state index in [9.17, 15) is 4.79 Å². The first-order chi connectivity index (χ1) is 15.9. The molecule has 5 heteroatoms. The van der Waals surface area contributed by atoms with Gasteiger partial charge in [0, 0.05) is 29.7 Å². The van der Waals surface area contributed by atoms with Crippen LogP contribution >= 0.6 is 11.3 Å². The standard InChI is InChI=1S/C28H33N3OS/c1-18(2)27-29-25-9-7-22(21-8-10-26-23(14-21)11-13-33-26)15-24(25)28(32)31(27)17-20-6-5-12-30(16-20)19(3)4/h7-11,13-15,18-20H,5-6,12,16-17H2,1-4H3/t20-/m0/s1. The van der Waals surface area contributed by atoms with Crippen molar-refractivity contribution >= 4 is 32.3 Å². The number of fused-ring (bicyclic) bond motifs is 2. The van der Waals surface area contributed by atoms with E-state index in [4.69, 9.17) is 4.98 Å². The van der Waals surface area contributed by atoms with E-state index in [0.717, 1.165) is 47.5 Å². The van der Waals surface area contributed by atoms with Gasteiger partial charge in [-0.25, -0.2) is 4.98 Å². The van der Waals surface area contributed by atoms with Gasteiger partial charge in [0.25, 0.3) is 5.56 Å². The molecule has 0 N–H and O–H groups in total. The Morgan fingerprint density at radius 1 is 1.06 bits per heavy atom. The maximum Gasteiger partial charge on any atom is 0.261 e. The fraction of sp³-hybridized carbons (Fsp3) is 0.429. The van der Waals surface area contributed by atoms with Gasteiger partial charge in [-0.05, 0) is 91.4 Å². The zero-order chi connectivity index (χ0) is 23.1. The van der Waals surface area contributed by atoms with Gasteiger partial charge >= 0.3 is 0 Å². The minimum absolute atomic E-state index is 0.101. The molecule has 2 aromatic carbocycles. The predicted octanol–water partition coefficient (Wildman–Crippen LogP) is 6.52. The fourth-order valence-corrected chi connectivity index (χ4v) is 5.93. The van der Waals surface area contributed by atoms with E-state index in [-0.39, 0.29) is 11.5 Å². The first-order valence-electron chi connectivity index (χ1n) is 12.2. The van der Waals surface area contributed by atoms with Crippen LogP contribution in [-0.4, -0.2) is 33.6 Å². The van der Waals surface area contributed by atoms with Crippen molar-refractivity contribution in [1.29, 1.82) is 0 Å². The van der Waals surface area contributed by atoms with Crippen LogP contribution < -0.4 is 5.56 Å². The van der Waals surface area contributed by atoms with E-state index in [1.807, 2.05) is 16.7 Å². The highest BCUT2D eigenvalue weighted by atomic mass is 32.1. The number of nitrogens with zero attached hydrogens (tertiary/aromatic N) is 3. The van der Waals surface area contributed by atoms with Crippen molar-refractivity contribution in [1.82, 2.24) is 14.5 Å². The molecule has 1 saturated heterocycles. The molecular weight excluding hydrogens is 426 g/mol. The van der Waals surface area contributed by atoms with Crippen molar-refractivity contribution in [3.05, 3.63) is 64.0 Å². The van der Waals surface area contributed by atoms with Crippen LogP contribution in [-0.2, 0) is 6.54 Å². The number of likely N-dealkylation sites (tertiary alicyclic amines) is 1. The van der Waals surface area contributed by atoms with Crippen molar-refractivity contribution in [3.8, 4) is 11.1 Å². The van der Waals surface area contributed by atoms with Gasteiger partial charge in [-0.3, -0.25) is 9.36 Å². The van der Waals surface area contributed by atoms with Crippen LogP contribution in [0.1, 0.15) is 52.3 Å². The summed E-state index contributed by atoms with van der Waals surface area (Å²) in [5.74, 6) is 1.59. The smallest absolute Gasteiger partial charge is 0.261 e. The molecule has 4 nitrogen and oxygen atoms in total. The van der Waals surface area contributed by atoms with Gasteiger partial charge in [-0.1, -0.05) is 26.0 Å². The first-order valence-corrected chi connectivity index (χ1v) is 13.0. The molecule has 0 bridgehead atoms. The summed E-state index contributed by atoms with van der Waals surface area (Å²) in [7, 11) is 0. The predicted molar refractivity (Wildman–Crippen MR) is 140 cm³/mol. The third-order valence-electron chi connectivity index (χ3n) is 7.01. The molecule has 1 aliphatic rings. The van der Waals surface area contributed by atoms with Crippen LogP contribution in [0.15, 0.2) is 52.6 Å². The van der Waals surface area contributed by atoms with Crippen LogP contribution in [0.25, 0.3) is 32.1 Å². The molecule has 1 aliphatic heterocycles. The average Bonchev–Trinajstić information content (AvgIpc) is 3.28. The number of thiophene rings is 1. The summed E-state index contributed by atoms with van der Waals surface area (Å²) in [6.45, 7) is 11.8. The lowest BCUT2D eigenvalue weighted by Gasteiger charge is -2.36. The molecule has 0 radical (unpaired) electrons. The van der Waals surface area contributed by atoms with E-state index < -0.39 is 0 Å². The number of rotatable bonds is 5. The van der Waals surface area contributed by atoms with Gasteiger partial charge in [0.05, 0.1) is 10.9 Å². The number of hydrogen-bond donors (Lipinski definition) is 0. The second-order valence-corrected chi connectivity index (χ2v) is 11.0. The number of hydrogen-bond acceptors (Lipinski definition) is 4. The second kappa shape index (κ2) is 9.03. The Bertz CT molecular complexity index is 1350. The van der Waals surface area contributed by atoms with Gasteiger partial charge in [-0.15, -0.1) is 11.3 Å². The van der Waals surface area contributed by atoms with Crippen molar-refractivity contribution in [3.63, 3.8) is 0 Å². The van der Waals surface area contributed by atoms with Crippen LogP contribution in [0.2, 0.25) is 0 Å². The van der Waals surface area contributed by atoms with Crippen molar-refractivity contribution in [2.75, 3.05) is 13.1 Å². The van der Waals surface area contributed by atoms with E-state index in [2.05, 4.69) is 68.3 Å². The highest BCUT2D eigenvalue weighted by Gasteiger charge is 2.24. The Morgan fingerprint density at radius 2 is 1.85 bits per heavy atom. The zero-order valence-corrected chi connectivity index (χ0v) is 20.9. The van der Waals surface area contributed by atoms with E-state index in [1.165, 1.54) is 22.9 Å². The molecule has 172 valence electrons. The molecular formula is C28H33N3OS. The molecule has 0 unspecified atom stereocenters. The van der Waals surface area contributed by atoms with Gasteiger partial charge in [0.15, 0.2) is 0 Å². The molecule has 0 saturated carbocycles. The molecule has 1 fully saturated rings. The molecule has 4 aromatic rings. The Kier molecular flexibility index (Phi) is 6.11. The topological polar surface area (TPSA) is 38.1 Å². The minimum atomic E-state index is 0.101. The molecule has 0 aliphatic carbocycles. The molecule has 5 rings (SSSR count). The Hall–Kier alpha value is -2.50.